The number of rotatable bonds is 14. The van der Waals surface area contributed by atoms with Gasteiger partial charge in [-0.3, -0.25) is 9.80 Å². The van der Waals surface area contributed by atoms with Crippen LogP contribution in [0.1, 0.15) is 42.8 Å². The smallest absolute Gasteiger partial charge is 0.451 e. The highest BCUT2D eigenvalue weighted by Crippen LogP contribution is 2.26. The number of unbranched alkanes of at least 4 members (excludes halogenated alkanes) is 1. The van der Waals surface area contributed by atoms with Crippen LogP contribution in [-0.2, 0) is 23.8 Å². The molecule has 0 amide bonds. The highest BCUT2D eigenvalue weighted by molar-refractivity contribution is 5.76. The predicted molar refractivity (Wildman–Crippen MR) is 137 cm³/mol. The van der Waals surface area contributed by atoms with Crippen molar-refractivity contribution in [1.82, 2.24) is 24.8 Å². The lowest BCUT2D eigenvalue weighted by atomic mass is 10.1. The van der Waals surface area contributed by atoms with Gasteiger partial charge in [-0.1, -0.05) is 6.07 Å². The minimum atomic E-state index is -4.74. The van der Waals surface area contributed by atoms with E-state index in [0.717, 1.165) is 56.4 Å². The maximum Gasteiger partial charge on any atom is 0.451 e. The number of halogens is 3. The van der Waals surface area contributed by atoms with Crippen LogP contribution >= 0.6 is 0 Å². The second-order valence-corrected chi connectivity index (χ2v) is 9.63. The minimum absolute atomic E-state index is 0.0961. The summed E-state index contributed by atoms with van der Waals surface area (Å²) in [4.78, 5) is 26.8. The normalized spacial score (nSPS) is 15.2. The first kappa shape index (κ1) is 29.5. The molecule has 10 nitrogen and oxygen atoms in total. The van der Waals surface area contributed by atoms with E-state index in [9.17, 15) is 28.2 Å². The third kappa shape index (κ3) is 9.07. The molecule has 4 N–H and O–H groups in total. The quantitative estimate of drug-likeness (QED) is 0.210. The summed E-state index contributed by atoms with van der Waals surface area (Å²) in [5.41, 5.74) is 2.25. The van der Waals surface area contributed by atoms with Crippen molar-refractivity contribution < 1.29 is 28.2 Å². The molecule has 0 spiro atoms. The number of aliphatic carboxylic acids is 1. The summed E-state index contributed by atoms with van der Waals surface area (Å²) in [6.07, 6.45) is 0.147. The maximum atomic E-state index is 12.9. The molecule has 0 saturated heterocycles. The first-order chi connectivity index (χ1) is 18.0. The second-order valence-electron chi connectivity index (χ2n) is 9.63. The Morgan fingerprint density at radius 1 is 1.18 bits per heavy atom. The topological polar surface area (TPSA) is 127 Å². The van der Waals surface area contributed by atoms with Gasteiger partial charge in [-0.25, -0.2) is 19.7 Å². The molecule has 0 bridgehead atoms. The Morgan fingerprint density at radius 3 is 2.68 bits per heavy atom. The van der Waals surface area contributed by atoms with Crippen LogP contribution < -0.4 is 10.6 Å². The van der Waals surface area contributed by atoms with E-state index in [4.69, 9.17) is 4.98 Å². The van der Waals surface area contributed by atoms with E-state index >= 15 is 0 Å². The van der Waals surface area contributed by atoms with Crippen LogP contribution in [0.3, 0.4) is 0 Å². The van der Waals surface area contributed by atoms with E-state index in [1.165, 1.54) is 11.6 Å². The fraction of sp³-hybridized carbons (Fsp3) is 0.600. The molecule has 3 rings (SSSR count). The fourth-order valence-corrected chi connectivity index (χ4v) is 4.16. The van der Waals surface area contributed by atoms with Crippen molar-refractivity contribution in [2.75, 3.05) is 50.9 Å². The number of alkyl halides is 3. The van der Waals surface area contributed by atoms with Crippen molar-refractivity contribution in [2.24, 2.45) is 0 Å². The summed E-state index contributed by atoms with van der Waals surface area (Å²) >= 11 is 0. The highest BCUT2D eigenvalue weighted by Gasteiger charge is 2.35. The van der Waals surface area contributed by atoms with Crippen LogP contribution in [-0.4, -0.2) is 93.5 Å². The van der Waals surface area contributed by atoms with Crippen molar-refractivity contribution in [3.05, 3.63) is 41.5 Å². The zero-order chi connectivity index (χ0) is 27.7. The number of nitrogens with zero attached hydrogens (tertiary/aromatic N) is 5. The summed E-state index contributed by atoms with van der Waals surface area (Å²) in [6, 6.07) is 4.21. The SMILES string of the molecule is CN(C)C(O)CN(CCCCc1ccc2c(n1)NCCC2)CCC(Nc1ccnc(C(F)(F)F)n1)C(=O)O. The van der Waals surface area contributed by atoms with Crippen LogP contribution in [0.2, 0.25) is 0 Å². The molecule has 38 heavy (non-hydrogen) atoms. The van der Waals surface area contributed by atoms with E-state index in [1.54, 1.807) is 19.0 Å². The van der Waals surface area contributed by atoms with Gasteiger partial charge in [0.05, 0.1) is 0 Å². The van der Waals surface area contributed by atoms with Crippen LogP contribution in [0.25, 0.3) is 0 Å². The van der Waals surface area contributed by atoms with Gasteiger partial charge in [0.15, 0.2) is 0 Å². The van der Waals surface area contributed by atoms with Crippen molar-refractivity contribution in [2.45, 2.75) is 57.0 Å². The Labute approximate surface area is 220 Å². The number of aliphatic hydroxyl groups is 1. The first-order valence-electron chi connectivity index (χ1n) is 12.7. The molecule has 2 aromatic rings. The average molecular weight is 540 g/mol. The predicted octanol–water partition coefficient (Wildman–Crippen LogP) is 2.71. The standard InChI is InChI=1S/C25H36F3N7O3/c1-34(2)21(36)16-35(14-4-3-7-18-9-8-17-6-5-12-29-22(17)31-18)15-11-19(23(37)38)32-20-10-13-30-24(33-20)25(26,27)28/h8-10,13,19,21,36H,3-7,11-12,14-16H2,1-2H3,(H,29,31)(H,37,38)(H,30,32,33). The van der Waals surface area contributed by atoms with Gasteiger partial charge in [-0.2, -0.15) is 13.2 Å². The summed E-state index contributed by atoms with van der Waals surface area (Å²) in [6.45, 7) is 2.16. The first-order valence-corrected chi connectivity index (χ1v) is 12.7. The van der Waals surface area contributed by atoms with Crippen molar-refractivity contribution >= 4 is 17.6 Å². The highest BCUT2D eigenvalue weighted by atomic mass is 19.4. The Kier molecular flexibility index (Phi) is 10.6. The molecule has 1 aliphatic heterocycles. The zero-order valence-electron chi connectivity index (χ0n) is 21.7. The Morgan fingerprint density at radius 2 is 1.97 bits per heavy atom. The van der Waals surface area contributed by atoms with Gasteiger partial charge in [0.2, 0.25) is 5.82 Å². The van der Waals surface area contributed by atoms with Crippen LogP contribution in [0.5, 0.6) is 0 Å². The third-order valence-electron chi connectivity index (χ3n) is 6.39. The number of aryl methyl sites for hydroxylation is 2. The summed E-state index contributed by atoms with van der Waals surface area (Å²) in [7, 11) is 3.49. The van der Waals surface area contributed by atoms with Gasteiger partial charge in [-0.05, 0) is 76.9 Å². The summed E-state index contributed by atoms with van der Waals surface area (Å²) < 4.78 is 38.8. The number of carbonyl (C=O) groups is 1. The van der Waals surface area contributed by atoms with Crippen molar-refractivity contribution in [3.8, 4) is 0 Å². The lowest BCUT2D eigenvalue weighted by molar-refractivity contribution is -0.144. The monoisotopic (exact) mass is 539 g/mol. The van der Waals surface area contributed by atoms with Crippen LogP contribution in [0, 0.1) is 0 Å². The number of aliphatic hydroxyl groups excluding tert-OH is 1. The average Bonchev–Trinajstić information content (AvgIpc) is 2.87. The fourth-order valence-electron chi connectivity index (χ4n) is 4.16. The number of nitrogens with one attached hydrogen (secondary N) is 2. The molecule has 2 aromatic heterocycles. The van der Waals surface area contributed by atoms with Gasteiger partial charge in [-0.15, -0.1) is 0 Å². The number of anilines is 2. The van der Waals surface area contributed by atoms with E-state index in [2.05, 4.69) is 32.7 Å². The molecule has 2 unspecified atom stereocenters. The molecule has 0 fully saturated rings. The van der Waals surface area contributed by atoms with Crippen LogP contribution in [0.4, 0.5) is 24.8 Å². The molecule has 1 aliphatic rings. The Bertz CT molecular complexity index is 1060. The second kappa shape index (κ2) is 13.7. The Balaban J connectivity index is 1.56. The number of hydrogen-bond donors (Lipinski definition) is 4. The number of hydrogen-bond acceptors (Lipinski definition) is 9. The molecule has 0 aromatic carbocycles. The van der Waals surface area contributed by atoms with Gasteiger partial charge in [0.1, 0.15) is 23.9 Å². The van der Waals surface area contributed by atoms with Gasteiger partial charge in [0.25, 0.3) is 0 Å². The number of fused-ring (bicyclic) bond motifs is 1. The summed E-state index contributed by atoms with van der Waals surface area (Å²) in [5.74, 6) is -1.81. The molecular formula is C25H36F3N7O3. The molecule has 0 radical (unpaired) electrons. The van der Waals surface area contributed by atoms with Crippen LogP contribution in [0.15, 0.2) is 24.4 Å². The number of carboxylic acid groups (broad SMARTS) is 1. The van der Waals surface area contributed by atoms with E-state index in [-0.39, 0.29) is 12.2 Å². The number of carboxylic acids is 1. The Hall–Kier alpha value is -3.03. The van der Waals surface area contributed by atoms with E-state index < -0.39 is 30.2 Å². The van der Waals surface area contributed by atoms with Crippen molar-refractivity contribution in [1.29, 1.82) is 0 Å². The molecule has 3 heterocycles. The summed E-state index contributed by atoms with van der Waals surface area (Å²) in [5, 5.41) is 25.9. The molecular weight excluding hydrogens is 503 g/mol. The van der Waals surface area contributed by atoms with E-state index in [0.29, 0.717) is 19.6 Å². The molecule has 0 saturated carbocycles. The zero-order valence-corrected chi connectivity index (χ0v) is 21.7. The number of pyridine rings is 1. The largest absolute Gasteiger partial charge is 0.480 e. The molecule has 0 aliphatic carbocycles. The number of aromatic nitrogens is 3. The number of likely N-dealkylation sites (N-methyl/N-ethyl adjacent to an activating group) is 1. The van der Waals surface area contributed by atoms with Gasteiger partial charge in [0, 0.05) is 31.5 Å². The third-order valence-corrected chi connectivity index (χ3v) is 6.39. The lowest BCUT2D eigenvalue weighted by Gasteiger charge is -2.29. The molecule has 2 atom stereocenters. The van der Waals surface area contributed by atoms with Gasteiger partial charge >= 0.3 is 12.1 Å². The minimum Gasteiger partial charge on any atom is -0.480 e. The maximum absolute atomic E-state index is 12.9. The molecule has 13 heteroatoms. The lowest BCUT2D eigenvalue weighted by Crippen LogP contribution is -2.43. The molecule has 210 valence electrons. The van der Waals surface area contributed by atoms with Crippen molar-refractivity contribution in [3.63, 3.8) is 0 Å². The van der Waals surface area contributed by atoms with Gasteiger partial charge < -0.3 is 20.8 Å². The van der Waals surface area contributed by atoms with E-state index in [1.807, 2.05) is 4.90 Å².